The number of nitrogens with zero attached hydrogens (tertiary/aromatic N) is 1. The van der Waals surface area contributed by atoms with Gasteiger partial charge < -0.3 is 4.74 Å². The summed E-state index contributed by atoms with van der Waals surface area (Å²) in [6, 6.07) is 0. The molecule has 0 aliphatic heterocycles. The fourth-order valence-corrected chi connectivity index (χ4v) is 3.01. The van der Waals surface area contributed by atoms with Gasteiger partial charge in [-0.15, -0.1) is 11.3 Å². The van der Waals surface area contributed by atoms with E-state index >= 15 is 0 Å². The van der Waals surface area contributed by atoms with Crippen LogP contribution in [0.4, 0.5) is 0 Å². The minimum Gasteiger partial charge on any atom is -0.464 e. The van der Waals surface area contributed by atoms with Crippen molar-refractivity contribution in [2.75, 3.05) is 7.11 Å². The van der Waals surface area contributed by atoms with E-state index in [1.54, 1.807) is 5.38 Å². The second kappa shape index (κ2) is 3.98. The van der Waals surface area contributed by atoms with Crippen molar-refractivity contribution in [1.82, 2.24) is 4.98 Å². The van der Waals surface area contributed by atoms with Gasteiger partial charge in [0, 0.05) is 5.38 Å². The summed E-state index contributed by atoms with van der Waals surface area (Å²) in [6.07, 6.45) is 2.51. The van der Waals surface area contributed by atoms with Gasteiger partial charge in [0.2, 0.25) is 0 Å². The zero-order valence-electron chi connectivity index (χ0n) is 7.70. The Morgan fingerprint density at radius 2 is 2.50 bits per heavy atom. The van der Waals surface area contributed by atoms with Crippen LogP contribution in [0.25, 0.3) is 0 Å². The standard InChI is InChI=1S/C9H10BrNO2S/c1-13-9(12)6-4-14-8(11-6)7(10)5-2-3-5/h4-5,7H,2-3H2,1H3. The first-order valence-corrected chi connectivity index (χ1v) is 6.19. The molecule has 0 aromatic carbocycles. The molecule has 1 aromatic rings. The Labute approximate surface area is 94.6 Å². The highest BCUT2D eigenvalue weighted by Crippen LogP contribution is 2.46. The number of carbonyl (C=O) groups is 1. The lowest BCUT2D eigenvalue weighted by atomic mass is 10.3. The van der Waals surface area contributed by atoms with Crippen LogP contribution in [0.3, 0.4) is 0 Å². The lowest BCUT2D eigenvalue weighted by molar-refractivity contribution is 0.0594. The maximum absolute atomic E-state index is 11.1. The van der Waals surface area contributed by atoms with Gasteiger partial charge >= 0.3 is 5.97 Å². The number of methoxy groups -OCH3 is 1. The predicted octanol–water partition coefficient (Wildman–Crippen LogP) is 2.78. The van der Waals surface area contributed by atoms with Crippen LogP contribution in [-0.4, -0.2) is 18.1 Å². The average molecular weight is 276 g/mol. The van der Waals surface area contributed by atoms with Gasteiger partial charge in [0.1, 0.15) is 5.01 Å². The Morgan fingerprint density at radius 3 is 3.07 bits per heavy atom. The number of alkyl halides is 1. The zero-order chi connectivity index (χ0) is 10.1. The van der Waals surface area contributed by atoms with Crippen LogP contribution in [0.5, 0.6) is 0 Å². The second-order valence-electron chi connectivity index (χ2n) is 3.30. The van der Waals surface area contributed by atoms with Crippen LogP contribution < -0.4 is 0 Å². The van der Waals surface area contributed by atoms with E-state index in [4.69, 9.17) is 0 Å². The maximum Gasteiger partial charge on any atom is 0.357 e. The fraction of sp³-hybridized carbons (Fsp3) is 0.556. The summed E-state index contributed by atoms with van der Waals surface area (Å²) >= 11 is 5.10. The molecule has 76 valence electrons. The molecule has 1 saturated carbocycles. The Hall–Kier alpha value is -0.420. The number of thiazole rings is 1. The van der Waals surface area contributed by atoms with Crippen molar-refractivity contribution >= 4 is 33.2 Å². The van der Waals surface area contributed by atoms with Crippen LogP contribution in [0.1, 0.15) is 33.2 Å². The Balaban J connectivity index is 2.12. The third kappa shape index (κ3) is 1.98. The first-order valence-electron chi connectivity index (χ1n) is 4.40. The van der Waals surface area contributed by atoms with Crippen molar-refractivity contribution in [3.63, 3.8) is 0 Å². The molecule has 1 aliphatic rings. The van der Waals surface area contributed by atoms with E-state index in [2.05, 4.69) is 25.7 Å². The minimum absolute atomic E-state index is 0.311. The number of ether oxygens (including phenoxy) is 1. The van der Waals surface area contributed by atoms with Gasteiger partial charge in [-0.2, -0.15) is 0 Å². The molecule has 1 atom stereocenters. The molecule has 0 N–H and O–H groups in total. The summed E-state index contributed by atoms with van der Waals surface area (Å²) in [5.74, 6) is 0.342. The monoisotopic (exact) mass is 275 g/mol. The van der Waals surface area contributed by atoms with E-state index in [1.165, 1.54) is 31.3 Å². The second-order valence-corrected chi connectivity index (χ2v) is 5.18. The molecular weight excluding hydrogens is 266 g/mol. The van der Waals surface area contributed by atoms with Gasteiger partial charge in [0.25, 0.3) is 0 Å². The van der Waals surface area contributed by atoms with Gasteiger partial charge in [0.15, 0.2) is 5.69 Å². The topological polar surface area (TPSA) is 39.2 Å². The largest absolute Gasteiger partial charge is 0.464 e. The highest BCUT2D eigenvalue weighted by molar-refractivity contribution is 9.09. The summed E-state index contributed by atoms with van der Waals surface area (Å²) in [7, 11) is 1.37. The molecule has 0 spiro atoms. The molecule has 0 saturated heterocycles. The smallest absolute Gasteiger partial charge is 0.357 e. The Bertz CT molecular complexity index is 348. The first kappa shape index (κ1) is 10.1. The number of carbonyl (C=O) groups excluding carboxylic acids is 1. The highest BCUT2D eigenvalue weighted by Gasteiger charge is 2.32. The number of esters is 1. The fourth-order valence-electron chi connectivity index (χ4n) is 1.20. The molecule has 0 amide bonds. The highest BCUT2D eigenvalue weighted by atomic mass is 79.9. The van der Waals surface area contributed by atoms with Gasteiger partial charge in [-0.1, -0.05) is 15.9 Å². The molecule has 14 heavy (non-hydrogen) atoms. The normalized spacial score (nSPS) is 17.9. The van der Waals surface area contributed by atoms with Crippen LogP contribution in [0.2, 0.25) is 0 Å². The van der Waals surface area contributed by atoms with Crippen LogP contribution >= 0.6 is 27.3 Å². The van der Waals surface area contributed by atoms with E-state index in [9.17, 15) is 4.79 Å². The van der Waals surface area contributed by atoms with Gasteiger partial charge in [-0.25, -0.2) is 9.78 Å². The van der Waals surface area contributed by atoms with E-state index in [-0.39, 0.29) is 5.97 Å². The van der Waals surface area contributed by atoms with Crippen LogP contribution in [0.15, 0.2) is 5.38 Å². The number of rotatable bonds is 3. The number of hydrogen-bond acceptors (Lipinski definition) is 4. The van der Waals surface area contributed by atoms with E-state index < -0.39 is 0 Å². The SMILES string of the molecule is COC(=O)c1csc(C(Br)C2CC2)n1. The lowest BCUT2D eigenvalue weighted by Crippen LogP contribution is -2.02. The molecule has 1 unspecified atom stereocenters. The van der Waals surface area contributed by atoms with Crippen molar-refractivity contribution in [3.8, 4) is 0 Å². The Kier molecular flexibility index (Phi) is 2.88. The molecule has 3 nitrogen and oxygen atoms in total. The molecule has 0 radical (unpaired) electrons. The van der Waals surface area contributed by atoms with Gasteiger partial charge in [-0.05, 0) is 18.8 Å². The van der Waals surface area contributed by atoms with E-state index in [0.717, 1.165) is 5.01 Å². The third-order valence-corrected chi connectivity index (χ3v) is 4.60. The average Bonchev–Trinajstić information content (AvgIpc) is 2.93. The quantitative estimate of drug-likeness (QED) is 0.629. The number of aromatic nitrogens is 1. The Morgan fingerprint density at radius 1 is 1.79 bits per heavy atom. The zero-order valence-corrected chi connectivity index (χ0v) is 10.1. The van der Waals surface area contributed by atoms with Crippen LogP contribution in [0, 0.1) is 5.92 Å². The molecular formula is C9H10BrNO2S. The first-order chi connectivity index (χ1) is 6.72. The predicted molar refractivity (Wildman–Crippen MR) is 57.8 cm³/mol. The molecule has 1 heterocycles. The summed E-state index contributed by atoms with van der Waals surface area (Å²) in [6.45, 7) is 0. The van der Waals surface area contributed by atoms with Crippen molar-refractivity contribution in [2.45, 2.75) is 17.7 Å². The maximum atomic E-state index is 11.1. The summed E-state index contributed by atoms with van der Waals surface area (Å²) < 4.78 is 4.60. The van der Waals surface area contributed by atoms with Gasteiger partial charge in [0.05, 0.1) is 11.9 Å². The molecule has 1 aromatic heterocycles. The van der Waals surface area contributed by atoms with Crippen molar-refractivity contribution < 1.29 is 9.53 Å². The third-order valence-electron chi connectivity index (χ3n) is 2.19. The molecule has 1 aliphatic carbocycles. The lowest BCUT2D eigenvalue weighted by Gasteiger charge is -2.01. The van der Waals surface area contributed by atoms with Crippen molar-refractivity contribution in [2.24, 2.45) is 5.92 Å². The van der Waals surface area contributed by atoms with E-state index in [1.807, 2.05) is 0 Å². The molecule has 1 fully saturated rings. The number of halogens is 1. The molecule has 0 bridgehead atoms. The molecule has 5 heteroatoms. The summed E-state index contributed by atoms with van der Waals surface area (Å²) in [5.41, 5.74) is 0.414. The van der Waals surface area contributed by atoms with Gasteiger partial charge in [-0.3, -0.25) is 0 Å². The van der Waals surface area contributed by atoms with Crippen LogP contribution in [-0.2, 0) is 4.74 Å². The van der Waals surface area contributed by atoms with E-state index in [0.29, 0.717) is 16.4 Å². The number of hydrogen-bond donors (Lipinski definition) is 0. The minimum atomic E-state index is -0.358. The molecule has 2 rings (SSSR count). The van der Waals surface area contributed by atoms with Crippen molar-refractivity contribution in [1.29, 1.82) is 0 Å². The van der Waals surface area contributed by atoms with Crippen molar-refractivity contribution in [3.05, 3.63) is 16.1 Å². The summed E-state index contributed by atoms with van der Waals surface area (Å²) in [5, 5.41) is 2.73. The summed E-state index contributed by atoms with van der Waals surface area (Å²) in [4.78, 5) is 15.7.